The molecule has 0 bridgehead atoms. The third-order valence-corrected chi connectivity index (χ3v) is 2.94. The van der Waals surface area contributed by atoms with Crippen molar-refractivity contribution in [2.75, 3.05) is 5.73 Å². The summed E-state index contributed by atoms with van der Waals surface area (Å²) in [6, 6.07) is 8.35. The van der Waals surface area contributed by atoms with Crippen LogP contribution in [-0.2, 0) is 0 Å². The minimum Gasteiger partial charge on any atom is -0.383 e. The molecule has 2 N–H and O–H groups in total. The highest BCUT2D eigenvalue weighted by molar-refractivity contribution is 7.99. The van der Waals surface area contributed by atoms with Crippen LogP contribution in [0.3, 0.4) is 0 Å². The van der Waals surface area contributed by atoms with Crippen LogP contribution in [0.2, 0.25) is 0 Å². The molecule has 0 aliphatic carbocycles. The van der Waals surface area contributed by atoms with E-state index in [2.05, 4.69) is 4.98 Å². The number of nitrogen functional groups attached to an aromatic ring is 1. The van der Waals surface area contributed by atoms with Gasteiger partial charge in [-0.25, -0.2) is 9.37 Å². The molecule has 0 fully saturated rings. The summed E-state index contributed by atoms with van der Waals surface area (Å²) in [5.74, 6) is -0.318. The smallest absolute Gasteiger partial charge is 0.275 e. The molecule has 1 aromatic carbocycles. The molecular formula is C11H8FN3O2S. The Morgan fingerprint density at radius 2 is 2.11 bits per heavy atom. The van der Waals surface area contributed by atoms with E-state index >= 15 is 0 Å². The Hall–Kier alpha value is -2.15. The average Bonchev–Trinajstić information content (AvgIpc) is 2.28. The molecule has 0 saturated carbocycles. The van der Waals surface area contributed by atoms with Crippen molar-refractivity contribution in [3.63, 3.8) is 0 Å². The Morgan fingerprint density at radius 3 is 2.78 bits per heavy atom. The van der Waals surface area contributed by atoms with Gasteiger partial charge in [-0.2, -0.15) is 0 Å². The summed E-state index contributed by atoms with van der Waals surface area (Å²) in [7, 11) is 0. The standard InChI is InChI=1S/C11H8FN3O2S/c12-7-2-1-3-9(4-7)18-11-6-8(15(16)17)5-10(13)14-11/h1-6H,(H2,13,14). The Labute approximate surface area is 106 Å². The van der Waals surface area contributed by atoms with Gasteiger partial charge in [-0.05, 0) is 18.2 Å². The Balaban J connectivity index is 2.31. The van der Waals surface area contributed by atoms with Crippen LogP contribution in [0.25, 0.3) is 0 Å². The lowest BCUT2D eigenvalue weighted by Gasteiger charge is -2.02. The van der Waals surface area contributed by atoms with Gasteiger partial charge in [0.1, 0.15) is 16.7 Å². The molecule has 1 aromatic heterocycles. The molecule has 0 saturated heterocycles. The maximum absolute atomic E-state index is 13.0. The molecule has 0 spiro atoms. The molecule has 18 heavy (non-hydrogen) atoms. The molecule has 0 radical (unpaired) electrons. The highest BCUT2D eigenvalue weighted by Crippen LogP contribution is 2.29. The van der Waals surface area contributed by atoms with E-state index in [1.807, 2.05) is 0 Å². The van der Waals surface area contributed by atoms with E-state index in [1.165, 1.54) is 24.3 Å². The number of hydrogen-bond donors (Lipinski definition) is 1. The van der Waals surface area contributed by atoms with Crippen molar-refractivity contribution < 1.29 is 9.31 Å². The Morgan fingerprint density at radius 1 is 1.33 bits per heavy atom. The molecule has 92 valence electrons. The van der Waals surface area contributed by atoms with Crippen molar-refractivity contribution in [2.45, 2.75) is 9.92 Å². The van der Waals surface area contributed by atoms with E-state index < -0.39 is 4.92 Å². The average molecular weight is 265 g/mol. The van der Waals surface area contributed by atoms with Gasteiger partial charge in [0, 0.05) is 11.0 Å². The zero-order chi connectivity index (χ0) is 13.1. The molecule has 0 aliphatic rings. The molecule has 0 aliphatic heterocycles. The fraction of sp³-hybridized carbons (Fsp3) is 0. The molecule has 0 unspecified atom stereocenters. The summed E-state index contributed by atoms with van der Waals surface area (Å²) in [5, 5.41) is 11.0. The lowest BCUT2D eigenvalue weighted by atomic mass is 10.3. The summed E-state index contributed by atoms with van der Waals surface area (Å²) in [6.45, 7) is 0. The van der Waals surface area contributed by atoms with Crippen molar-refractivity contribution in [1.29, 1.82) is 0 Å². The van der Waals surface area contributed by atoms with Crippen molar-refractivity contribution >= 4 is 23.3 Å². The summed E-state index contributed by atoms with van der Waals surface area (Å²) < 4.78 is 13.0. The number of nitrogens with zero attached hydrogens (tertiary/aromatic N) is 2. The molecular weight excluding hydrogens is 257 g/mol. The van der Waals surface area contributed by atoms with Crippen LogP contribution in [-0.4, -0.2) is 9.91 Å². The second-order valence-corrected chi connectivity index (χ2v) is 4.50. The molecule has 1 heterocycles. The summed E-state index contributed by atoms with van der Waals surface area (Å²) in [6.07, 6.45) is 0. The van der Waals surface area contributed by atoms with Crippen LogP contribution < -0.4 is 5.73 Å². The first-order valence-electron chi connectivity index (χ1n) is 4.90. The molecule has 2 rings (SSSR count). The first-order chi connectivity index (χ1) is 8.54. The van der Waals surface area contributed by atoms with Crippen LogP contribution >= 0.6 is 11.8 Å². The number of benzene rings is 1. The maximum atomic E-state index is 13.0. The van der Waals surface area contributed by atoms with Crippen LogP contribution in [0.15, 0.2) is 46.3 Å². The minimum absolute atomic E-state index is 0.0584. The number of halogens is 1. The number of nitro groups is 1. The number of hydrogen-bond acceptors (Lipinski definition) is 5. The van der Waals surface area contributed by atoms with E-state index in [0.717, 1.165) is 11.8 Å². The number of pyridine rings is 1. The van der Waals surface area contributed by atoms with Gasteiger partial charge in [-0.1, -0.05) is 17.8 Å². The largest absolute Gasteiger partial charge is 0.383 e. The predicted octanol–water partition coefficient (Wildman–Crippen LogP) is 2.86. The lowest BCUT2D eigenvalue weighted by molar-refractivity contribution is -0.385. The normalized spacial score (nSPS) is 10.3. The van der Waals surface area contributed by atoms with E-state index in [1.54, 1.807) is 12.1 Å². The second-order valence-electron chi connectivity index (χ2n) is 3.40. The third kappa shape index (κ3) is 2.95. The van der Waals surface area contributed by atoms with Gasteiger partial charge >= 0.3 is 0 Å². The van der Waals surface area contributed by atoms with Crippen LogP contribution in [0.5, 0.6) is 0 Å². The quantitative estimate of drug-likeness (QED) is 0.681. The van der Waals surface area contributed by atoms with Crippen LogP contribution in [0.1, 0.15) is 0 Å². The number of aromatic nitrogens is 1. The van der Waals surface area contributed by atoms with Gasteiger partial charge in [-0.15, -0.1) is 0 Å². The fourth-order valence-corrected chi connectivity index (χ4v) is 2.21. The topological polar surface area (TPSA) is 82.0 Å². The number of rotatable bonds is 3. The second kappa shape index (κ2) is 5.01. The van der Waals surface area contributed by atoms with Crippen molar-refractivity contribution in [1.82, 2.24) is 4.98 Å². The van der Waals surface area contributed by atoms with Crippen molar-refractivity contribution in [2.24, 2.45) is 0 Å². The van der Waals surface area contributed by atoms with Gasteiger partial charge in [0.15, 0.2) is 0 Å². The third-order valence-electron chi connectivity index (χ3n) is 2.04. The summed E-state index contributed by atoms with van der Waals surface area (Å²) in [4.78, 5) is 14.7. The monoisotopic (exact) mass is 265 g/mol. The van der Waals surface area contributed by atoms with E-state index in [4.69, 9.17) is 5.73 Å². The highest BCUT2D eigenvalue weighted by atomic mass is 32.2. The molecule has 2 aromatic rings. The summed E-state index contributed by atoms with van der Waals surface area (Å²) >= 11 is 1.11. The molecule has 7 heteroatoms. The van der Waals surface area contributed by atoms with Crippen molar-refractivity contribution in [3.8, 4) is 0 Å². The first-order valence-corrected chi connectivity index (χ1v) is 5.71. The fourth-order valence-electron chi connectivity index (χ4n) is 1.32. The SMILES string of the molecule is Nc1cc([N+](=O)[O-])cc(Sc2cccc(F)c2)n1. The van der Waals surface area contributed by atoms with Gasteiger partial charge in [-0.3, -0.25) is 10.1 Å². The van der Waals surface area contributed by atoms with Crippen LogP contribution in [0.4, 0.5) is 15.9 Å². The minimum atomic E-state index is -0.548. The Bertz CT molecular complexity index is 607. The predicted molar refractivity (Wildman–Crippen MR) is 65.8 cm³/mol. The Kier molecular flexibility index (Phi) is 3.42. The highest BCUT2D eigenvalue weighted by Gasteiger charge is 2.10. The van der Waals surface area contributed by atoms with Gasteiger partial charge < -0.3 is 5.73 Å². The van der Waals surface area contributed by atoms with Crippen LogP contribution in [0, 0.1) is 15.9 Å². The number of anilines is 1. The van der Waals surface area contributed by atoms with E-state index in [-0.39, 0.29) is 17.3 Å². The van der Waals surface area contributed by atoms with E-state index in [0.29, 0.717) is 9.92 Å². The first kappa shape index (κ1) is 12.3. The van der Waals surface area contributed by atoms with Gasteiger partial charge in [0.25, 0.3) is 5.69 Å². The van der Waals surface area contributed by atoms with Crippen molar-refractivity contribution in [3.05, 3.63) is 52.3 Å². The lowest BCUT2D eigenvalue weighted by Crippen LogP contribution is -1.95. The summed E-state index contributed by atoms with van der Waals surface area (Å²) in [5.41, 5.74) is 5.34. The molecule has 0 amide bonds. The van der Waals surface area contributed by atoms with Gasteiger partial charge in [0.05, 0.1) is 11.0 Å². The maximum Gasteiger partial charge on any atom is 0.275 e. The zero-order valence-corrected chi connectivity index (χ0v) is 9.86. The van der Waals surface area contributed by atoms with Gasteiger partial charge in [0.2, 0.25) is 0 Å². The zero-order valence-electron chi connectivity index (χ0n) is 9.04. The number of nitrogens with two attached hydrogens (primary N) is 1. The molecule has 0 atom stereocenters. The van der Waals surface area contributed by atoms with E-state index in [9.17, 15) is 14.5 Å². The molecule has 5 nitrogen and oxygen atoms in total.